The molecule has 0 bridgehead atoms. The standard InChI is InChI=1S/C23H16N2OS2/c26-22-21(28-23(27)24-22)12-18-14-25(20-8-4-3-7-19(18)20)13-15-9-10-16-5-1-2-6-17(16)11-15/h1-12,14H,13H2,(H,24,26,27)/b21-12+. The molecule has 5 rings (SSSR count). The maximum Gasteiger partial charge on any atom is 0.263 e. The van der Waals surface area contributed by atoms with E-state index >= 15 is 0 Å². The number of carbonyl (C=O) groups is 1. The van der Waals surface area contributed by atoms with E-state index in [4.69, 9.17) is 12.2 Å². The molecule has 1 aliphatic rings. The zero-order chi connectivity index (χ0) is 19.1. The Bertz CT molecular complexity index is 1290. The Morgan fingerprint density at radius 2 is 1.79 bits per heavy atom. The number of aromatic nitrogens is 1. The molecule has 0 saturated carbocycles. The lowest BCUT2D eigenvalue weighted by molar-refractivity contribution is -0.115. The first-order valence-electron chi connectivity index (χ1n) is 8.98. The van der Waals surface area contributed by atoms with Gasteiger partial charge in [-0.25, -0.2) is 0 Å². The fourth-order valence-corrected chi connectivity index (χ4v) is 4.65. The summed E-state index contributed by atoms with van der Waals surface area (Å²) < 4.78 is 2.75. The molecule has 1 amide bonds. The number of fused-ring (bicyclic) bond motifs is 2. The summed E-state index contributed by atoms with van der Waals surface area (Å²) in [5, 5.41) is 6.29. The van der Waals surface area contributed by atoms with Crippen LogP contribution in [0.5, 0.6) is 0 Å². The lowest BCUT2D eigenvalue weighted by Crippen LogP contribution is -2.17. The second-order valence-electron chi connectivity index (χ2n) is 6.76. The highest BCUT2D eigenvalue weighted by Gasteiger charge is 2.22. The monoisotopic (exact) mass is 400 g/mol. The van der Waals surface area contributed by atoms with Crippen molar-refractivity contribution in [1.29, 1.82) is 0 Å². The number of nitrogens with zero attached hydrogens (tertiary/aromatic N) is 1. The highest BCUT2D eigenvalue weighted by Crippen LogP contribution is 2.30. The summed E-state index contributed by atoms with van der Waals surface area (Å²) in [4.78, 5) is 12.7. The lowest BCUT2D eigenvalue weighted by Gasteiger charge is -2.07. The van der Waals surface area contributed by atoms with Crippen molar-refractivity contribution >= 4 is 62.0 Å². The van der Waals surface area contributed by atoms with Crippen LogP contribution in [0.4, 0.5) is 0 Å². The number of para-hydroxylation sites is 1. The van der Waals surface area contributed by atoms with Crippen LogP contribution in [-0.2, 0) is 11.3 Å². The molecule has 0 aliphatic carbocycles. The normalized spacial score (nSPS) is 15.6. The molecule has 0 spiro atoms. The highest BCUT2D eigenvalue weighted by atomic mass is 32.2. The van der Waals surface area contributed by atoms with Crippen molar-refractivity contribution in [3.8, 4) is 0 Å². The molecule has 1 aromatic heterocycles. The Labute approximate surface area is 172 Å². The largest absolute Gasteiger partial charge is 0.342 e. The summed E-state index contributed by atoms with van der Waals surface area (Å²) in [6.45, 7) is 0.770. The van der Waals surface area contributed by atoms with Crippen molar-refractivity contribution in [2.24, 2.45) is 0 Å². The highest BCUT2D eigenvalue weighted by molar-refractivity contribution is 8.26. The van der Waals surface area contributed by atoms with Crippen LogP contribution in [0.1, 0.15) is 11.1 Å². The maximum atomic E-state index is 12.1. The zero-order valence-electron chi connectivity index (χ0n) is 14.9. The van der Waals surface area contributed by atoms with Gasteiger partial charge in [-0.1, -0.05) is 78.6 Å². The average molecular weight is 401 g/mol. The van der Waals surface area contributed by atoms with E-state index in [1.54, 1.807) is 0 Å². The van der Waals surface area contributed by atoms with Crippen molar-refractivity contribution < 1.29 is 4.79 Å². The molecule has 28 heavy (non-hydrogen) atoms. The van der Waals surface area contributed by atoms with E-state index in [1.807, 2.05) is 18.2 Å². The van der Waals surface area contributed by atoms with Crippen molar-refractivity contribution in [3.63, 3.8) is 0 Å². The zero-order valence-corrected chi connectivity index (χ0v) is 16.5. The number of benzene rings is 3. The number of hydrogen-bond acceptors (Lipinski definition) is 3. The van der Waals surface area contributed by atoms with E-state index in [9.17, 15) is 4.79 Å². The maximum absolute atomic E-state index is 12.1. The molecule has 5 heteroatoms. The summed E-state index contributed by atoms with van der Waals surface area (Å²) in [6, 6.07) is 23.2. The van der Waals surface area contributed by atoms with Gasteiger partial charge in [0.15, 0.2) is 0 Å². The molecule has 0 atom stereocenters. The smallest absolute Gasteiger partial charge is 0.263 e. The van der Waals surface area contributed by atoms with Gasteiger partial charge in [-0.2, -0.15) is 0 Å². The first-order chi connectivity index (χ1) is 13.7. The number of amides is 1. The Morgan fingerprint density at radius 3 is 2.61 bits per heavy atom. The third-order valence-corrected chi connectivity index (χ3v) is 6.08. The average Bonchev–Trinajstić information content (AvgIpc) is 3.21. The molecular formula is C23H16N2OS2. The van der Waals surface area contributed by atoms with Crippen LogP contribution in [0, 0.1) is 0 Å². The first-order valence-corrected chi connectivity index (χ1v) is 10.2. The molecule has 0 unspecified atom stereocenters. The molecule has 0 radical (unpaired) electrons. The van der Waals surface area contributed by atoms with E-state index in [1.165, 1.54) is 28.1 Å². The van der Waals surface area contributed by atoms with Crippen LogP contribution in [0.2, 0.25) is 0 Å². The quantitative estimate of drug-likeness (QED) is 0.373. The molecule has 3 nitrogen and oxygen atoms in total. The number of rotatable bonds is 3. The van der Waals surface area contributed by atoms with E-state index in [-0.39, 0.29) is 5.91 Å². The topological polar surface area (TPSA) is 34.0 Å². The second-order valence-corrected chi connectivity index (χ2v) is 8.48. The SMILES string of the molecule is O=C1NC(=S)S/C1=C/c1cn(Cc2ccc3ccccc3c2)c2ccccc12. The van der Waals surface area contributed by atoms with E-state index in [2.05, 4.69) is 70.7 Å². The predicted octanol–water partition coefficient (Wildman–Crippen LogP) is 5.33. The Hall–Kier alpha value is -2.89. The molecule has 1 saturated heterocycles. The van der Waals surface area contributed by atoms with Gasteiger partial charge in [0, 0.05) is 29.2 Å². The van der Waals surface area contributed by atoms with Gasteiger partial charge < -0.3 is 9.88 Å². The molecule has 136 valence electrons. The summed E-state index contributed by atoms with van der Waals surface area (Å²) in [5.74, 6) is -0.124. The fraction of sp³-hybridized carbons (Fsp3) is 0.0435. The van der Waals surface area contributed by atoms with Gasteiger partial charge >= 0.3 is 0 Å². The molecule has 4 aromatic rings. The van der Waals surface area contributed by atoms with E-state index < -0.39 is 0 Å². The Morgan fingerprint density at radius 1 is 1.00 bits per heavy atom. The molecule has 1 N–H and O–H groups in total. The van der Waals surface area contributed by atoms with Gasteiger partial charge in [0.2, 0.25) is 0 Å². The van der Waals surface area contributed by atoms with Crippen LogP contribution in [0.25, 0.3) is 27.8 Å². The van der Waals surface area contributed by atoms with Crippen molar-refractivity contribution in [2.45, 2.75) is 6.54 Å². The molecule has 1 aliphatic heterocycles. The van der Waals surface area contributed by atoms with Crippen LogP contribution in [-0.4, -0.2) is 14.8 Å². The number of nitrogens with one attached hydrogen (secondary N) is 1. The molecule has 3 aromatic carbocycles. The fourth-order valence-electron chi connectivity index (χ4n) is 3.62. The Balaban J connectivity index is 1.57. The van der Waals surface area contributed by atoms with Crippen LogP contribution in [0.3, 0.4) is 0 Å². The molecule has 1 fully saturated rings. The van der Waals surface area contributed by atoms with Crippen LogP contribution >= 0.6 is 24.0 Å². The summed E-state index contributed by atoms with van der Waals surface area (Å²) in [7, 11) is 0. The number of thioether (sulfide) groups is 1. The first kappa shape index (κ1) is 17.2. The van der Waals surface area contributed by atoms with Gasteiger partial charge in [-0.3, -0.25) is 4.79 Å². The number of thiocarbonyl (C=S) groups is 1. The predicted molar refractivity (Wildman–Crippen MR) is 121 cm³/mol. The summed E-state index contributed by atoms with van der Waals surface area (Å²) in [6.07, 6.45) is 4.04. The van der Waals surface area contributed by atoms with E-state index in [0.717, 1.165) is 23.0 Å². The number of carbonyl (C=O) groups excluding carboxylic acids is 1. The van der Waals surface area contributed by atoms with Crippen LogP contribution < -0.4 is 5.32 Å². The van der Waals surface area contributed by atoms with Gasteiger partial charge in [0.25, 0.3) is 5.91 Å². The second kappa shape index (κ2) is 6.93. The summed E-state index contributed by atoms with van der Waals surface area (Å²) in [5.41, 5.74) is 3.42. The van der Waals surface area contributed by atoms with Gasteiger partial charge in [-0.15, -0.1) is 0 Å². The Kier molecular flexibility index (Phi) is 4.26. The lowest BCUT2D eigenvalue weighted by atomic mass is 10.1. The van der Waals surface area contributed by atoms with Crippen molar-refractivity contribution in [1.82, 2.24) is 9.88 Å². The van der Waals surface area contributed by atoms with Gasteiger partial charge in [-0.05, 0) is 34.5 Å². The molecular weight excluding hydrogens is 384 g/mol. The number of hydrogen-bond donors (Lipinski definition) is 1. The summed E-state index contributed by atoms with van der Waals surface area (Å²) >= 11 is 6.42. The van der Waals surface area contributed by atoms with Crippen molar-refractivity contribution in [2.75, 3.05) is 0 Å². The van der Waals surface area contributed by atoms with Gasteiger partial charge in [0.05, 0.1) is 4.91 Å². The minimum absolute atomic E-state index is 0.124. The van der Waals surface area contributed by atoms with E-state index in [0.29, 0.717) is 9.23 Å². The third kappa shape index (κ3) is 3.13. The van der Waals surface area contributed by atoms with Gasteiger partial charge in [0.1, 0.15) is 4.32 Å². The van der Waals surface area contributed by atoms with Crippen molar-refractivity contribution in [3.05, 3.63) is 89.0 Å². The minimum Gasteiger partial charge on any atom is -0.342 e. The minimum atomic E-state index is -0.124. The van der Waals surface area contributed by atoms with Crippen LogP contribution in [0.15, 0.2) is 77.8 Å². The third-order valence-electron chi connectivity index (χ3n) is 4.91. The molecule has 2 heterocycles.